The molecule has 2 aromatic heterocycles. The zero-order valence-corrected chi connectivity index (χ0v) is 16.2. The number of nitrogens with zero attached hydrogens (tertiary/aromatic N) is 3. The predicted octanol–water partition coefficient (Wildman–Crippen LogP) is 6.38. The summed E-state index contributed by atoms with van der Waals surface area (Å²) in [6, 6.07) is 23.9. The first-order chi connectivity index (χ1) is 13.8. The number of fused-ring (bicyclic) bond motifs is 3. The molecule has 136 valence electrons. The summed E-state index contributed by atoms with van der Waals surface area (Å²) in [4.78, 5) is 4.87. The van der Waals surface area contributed by atoms with Crippen LogP contribution in [0.15, 0.2) is 82.4 Å². The zero-order valence-electron chi connectivity index (χ0n) is 14.7. The summed E-state index contributed by atoms with van der Waals surface area (Å²) in [5, 5.41) is 13.0. The van der Waals surface area contributed by atoms with Crippen LogP contribution in [0.25, 0.3) is 33.1 Å². The van der Waals surface area contributed by atoms with Gasteiger partial charge in [-0.2, -0.15) is 0 Å². The fraction of sp³-hybridized carbons (Fsp3) is 0.0455. The predicted molar refractivity (Wildman–Crippen MR) is 114 cm³/mol. The molecule has 2 heterocycles. The summed E-state index contributed by atoms with van der Waals surface area (Å²) in [5.74, 6) is 1.13. The van der Waals surface area contributed by atoms with Gasteiger partial charge < -0.3 is 4.42 Å². The third-order valence-corrected chi connectivity index (χ3v) is 5.60. The highest BCUT2D eigenvalue weighted by Crippen LogP contribution is 2.31. The van der Waals surface area contributed by atoms with Crippen LogP contribution in [0.1, 0.15) is 5.69 Å². The van der Waals surface area contributed by atoms with Crippen molar-refractivity contribution >= 4 is 45.0 Å². The number of thioether (sulfide) groups is 1. The lowest BCUT2D eigenvalue weighted by Gasteiger charge is -2.08. The highest BCUT2D eigenvalue weighted by atomic mass is 35.5. The molecule has 5 rings (SSSR count). The minimum Gasteiger partial charge on any atom is -0.411 e. The fourth-order valence-electron chi connectivity index (χ4n) is 3.19. The molecule has 0 fully saturated rings. The second-order valence-electron chi connectivity index (χ2n) is 6.29. The van der Waals surface area contributed by atoms with Crippen molar-refractivity contribution in [1.29, 1.82) is 0 Å². The monoisotopic (exact) mass is 403 g/mol. The number of aromatic nitrogens is 3. The van der Waals surface area contributed by atoms with Gasteiger partial charge in [0.2, 0.25) is 5.89 Å². The van der Waals surface area contributed by atoms with E-state index in [0.717, 1.165) is 27.5 Å². The van der Waals surface area contributed by atoms with Crippen molar-refractivity contribution in [2.45, 2.75) is 11.0 Å². The number of benzene rings is 3. The van der Waals surface area contributed by atoms with Crippen LogP contribution < -0.4 is 0 Å². The highest BCUT2D eigenvalue weighted by molar-refractivity contribution is 7.98. The van der Waals surface area contributed by atoms with Gasteiger partial charge in [0.15, 0.2) is 0 Å². The number of para-hydroxylation sites is 1. The Bertz CT molecular complexity index is 1280. The summed E-state index contributed by atoms with van der Waals surface area (Å²) in [6.45, 7) is 0. The van der Waals surface area contributed by atoms with Gasteiger partial charge in [0.05, 0.1) is 11.2 Å². The van der Waals surface area contributed by atoms with Crippen molar-refractivity contribution in [2.75, 3.05) is 0 Å². The van der Waals surface area contributed by atoms with Gasteiger partial charge in [-0.05, 0) is 35.7 Å². The van der Waals surface area contributed by atoms with Gasteiger partial charge in [0.1, 0.15) is 0 Å². The molecule has 4 nitrogen and oxygen atoms in total. The molecule has 5 aromatic rings. The molecule has 0 aliphatic rings. The Morgan fingerprint density at radius 2 is 1.50 bits per heavy atom. The average molecular weight is 404 g/mol. The summed E-state index contributed by atoms with van der Waals surface area (Å²) in [6.07, 6.45) is 0. The highest BCUT2D eigenvalue weighted by Gasteiger charge is 2.12. The first kappa shape index (κ1) is 17.2. The van der Waals surface area contributed by atoms with E-state index < -0.39 is 0 Å². The maximum atomic E-state index is 5.93. The number of hydrogen-bond donors (Lipinski definition) is 0. The van der Waals surface area contributed by atoms with Gasteiger partial charge in [-0.15, -0.1) is 10.2 Å². The van der Waals surface area contributed by atoms with Crippen molar-refractivity contribution in [1.82, 2.24) is 15.2 Å². The second kappa shape index (κ2) is 7.26. The van der Waals surface area contributed by atoms with Gasteiger partial charge in [0.25, 0.3) is 5.22 Å². The lowest BCUT2D eigenvalue weighted by molar-refractivity contribution is 0.466. The third-order valence-electron chi connectivity index (χ3n) is 4.52. The van der Waals surface area contributed by atoms with Crippen LogP contribution in [0.2, 0.25) is 5.02 Å². The number of pyridine rings is 1. The minimum atomic E-state index is 0.482. The Hall–Kier alpha value is -2.89. The SMILES string of the molecule is Clc1ccc(-c2nnc(SCc3nc4ccccc4c4ccccc34)o2)cc1. The lowest BCUT2D eigenvalue weighted by Crippen LogP contribution is -1.92. The van der Waals surface area contributed by atoms with E-state index >= 15 is 0 Å². The van der Waals surface area contributed by atoms with Crippen LogP contribution in [0.5, 0.6) is 0 Å². The van der Waals surface area contributed by atoms with E-state index in [1.54, 1.807) is 12.1 Å². The molecule has 3 aromatic carbocycles. The summed E-state index contributed by atoms with van der Waals surface area (Å²) < 4.78 is 5.80. The molecule has 0 amide bonds. The normalized spacial score (nSPS) is 11.3. The van der Waals surface area contributed by atoms with E-state index in [-0.39, 0.29) is 0 Å². The van der Waals surface area contributed by atoms with E-state index in [0.29, 0.717) is 21.9 Å². The molecule has 0 saturated carbocycles. The number of hydrogen-bond acceptors (Lipinski definition) is 5. The molecule has 0 saturated heterocycles. The Labute approximate surface area is 170 Å². The van der Waals surface area contributed by atoms with Crippen molar-refractivity contribution in [3.63, 3.8) is 0 Å². The summed E-state index contributed by atoms with van der Waals surface area (Å²) in [7, 11) is 0. The van der Waals surface area contributed by atoms with Gasteiger partial charge in [-0.1, -0.05) is 65.8 Å². The Balaban J connectivity index is 1.45. The molecule has 0 spiro atoms. The van der Waals surface area contributed by atoms with Gasteiger partial charge in [0, 0.05) is 27.1 Å². The van der Waals surface area contributed by atoms with Crippen molar-refractivity contribution in [3.05, 3.63) is 83.5 Å². The lowest BCUT2D eigenvalue weighted by atomic mass is 10.0. The van der Waals surface area contributed by atoms with Crippen LogP contribution in [-0.4, -0.2) is 15.2 Å². The molecule has 0 aliphatic heterocycles. The zero-order chi connectivity index (χ0) is 18.9. The molecule has 0 unspecified atom stereocenters. The number of rotatable bonds is 4. The van der Waals surface area contributed by atoms with E-state index in [9.17, 15) is 0 Å². The largest absolute Gasteiger partial charge is 0.411 e. The van der Waals surface area contributed by atoms with Gasteiger partial charge in [-0.25, -0.2) is 0 Å². The van der Waals surface area contributed by atoms with Crippen LogP contribution in [0, 0.1) is 0 Å². The molecule has 6 heteroatoms. The van der Waals surface area contributed by atoms with Crippen LogP contribution in [0.4, 0.5) is 0 Å². The second-order valence-corrected chi connectivity index (χ2v) is 7.65. The Kier molecular flexibility index (Phi) is 4.47. The van der Waals surface area contributed by atoms with E-state index in [1.807, 2.05) is 36.4 Å². The van der Waals surface area contributed by atoms with Crippen molar-refractivity contribution in [3.8, 4) is 11.5 Å². The Morgan fingerprint density at radius 3 is 2.32 bits per heavy atom. The minimum absolute atomic E-state index is 0.482. The summed E-state index contributed by atoms with van der Waals surface area (Å²) >= 11 is 7.42. The van der Waals surface area contributed by atoms with Crippen LogP contribution in [-0.2, 0) is 5.75 Å². The van der Waals surface area contributed by atoms with Gasteiger partial charge in [-0.3, -0.25) is 4.98 Å². The van der Waals surface area contributed by atoms with Gasteiger partial charge >= 0.3 is 0 Å². The number of halogens is 1. The van der Waals surface area contributed by atoms with Crippen molar-refractivity contribution < 1.29 is 4.42 Å². The topological polar surface area (TPSA) is 51.8 Å². The van der Waals surface area contributed by atoms with E-state index in [1.165, 1.54) is 17.1 Å². The Morgan fingerprint density at radius 1 is 0.786 bits per heavy atom. The van der Waals surface area contributed by atoms with E-state index in [2.05, 4.69) is 34.5 Å². The smallest absolute Gasteiger partial charge is 0.277 e. The molecule has 0 bridgehead atoms. The van der Waals surface area contributed by atoms with Crippen LogP contribution in [0.3, 0.4) is 0 Å². The van der Waals surface area contributed by atoms with E-state index in [4.69, 9.17) is 21.0 Å². The average Bonchev–Trinajstić information content (AvgIpc) is 3.21. The standard InChI is InChI=1S/C22H14ClN3OS/c23-15-11-9-14(10-12-15)21-25-26-22(27-21)28-13-20-18-7-2-1-5-16(18)17-6-3-4-8-19(17)24-20/h1-12H,13H2. The molecular weight excluding hydrogens is 390 g/mol. The molecule has 0 aliphatic carbocycles. The molecular formula is C22H14ClN3OS. The fourth-order valence-corrected chi connectivity index (χ4v) is 4.03. The first-order valence-electron chi connectivity index (χ1n) is 8.76. The molecule has 0 N–H and O–H groups in total. The molecule has 0 radical (unpaired) electrons. The molecule has 28 heavy (non-hydrogen) atoms. The van der Waals surface area contributed by atoms with Crippen LogP contribution >= 0.6 is 23.4 Å². The van der Waals surface area contributed by atoms with Crippen molar-refractivity contribution in [2.24, 2.45) is 0 Å². The first-order valence-corrected chi connectivity index (χ1v) is 10.1. The third kappa shape index (κ3) is 3.23. The summed E-state index contributed by atoms with van der Waals surface area (Å²) in [5.41, 5.74) is 2.84. The maximum absolute atomic E-state index is 5.93. The maximum Gasteiger partial charge on any atom is 0.277 e. The quantitative estimate of drug-likeness (QED) is 0.257. The molecule has 0 atom stereocenters.